The highest BCUT2D eigenvalue weighted by Crippen LogP contribution is 2.61. The van der Waals surface area contributed by atoms with Crippen molar-refractivity contribution in [2.45, 2.75) is 44.1 Å². The molecule has 2 atom stereocenters. The van der Waals surface area contributed by atoms with Crippen molar-refractivity contribution in [1.82, 2.24) is 0 Å². The molecule has 2 unspecified atom stereocenters. The second-order valence-electron chi connectivity index (χ2n) is 6.65. The first-order valence-corrected chi connectivity index (χ1v) is 7.62. The molecule has 1 fully saturated rings. The predicted octanol–water partition coefficient (Wildman–Crippen LogP) is 5.04. The average molecular weight is 263 g/mol. The van der Waals surface area contributed by atoms with Crippen LogP contribution in [0.5, 0.6) is 0 Å². The quantitative estimate of drug-likeness (QED) is 0.696. The molecular weight excluding hydrogens is 242 g/mol. The van der Waals surface area contributed by atoms with Gasteiger partial charge in [0.25, 0.3) is 0 Å². The summed E-state index contributed by atoms with van der Waals surface area (Å²) in [4.78, 5) is 2.59. The van der Waals surface area contributed by atoms with E-state index in [9.17, 15) is 0 Å². The molecule has 20 heavy (non-hydrogen) atoms. The summed E-state index contributed by atoms with van der Waals surface area (Å²) in [6.45, 7) is 4.91. The molecule has 4 rings (SSSR count). The van der Waals surface area contributed by atoms with Crippen molar-refractivity contribution < 1.29 is 0 Å². The van der Waals surface area contributed by atoms with Gasteiger partial charge in [0.05, 0.1) is 5.54 Å². The van der Waals surface area contributed by atoms with Crippen LogP contribution in [0, 0.1) is 0 Å². The number of nitrogens with zero attached hydrogens (tertiary/aromatic N) is 1. The fraction of sp³-hybridized carbons (Fsp3) is 0.368. The molecular formula is C19H21N. The number of benzene rings is 2. The van der Waals surface area contributed by atoms with E-state index in [0.717, 1.165) is 0 Å². The molecule has 2 aromatic carbocycles. The number of anilines is 2. The van der Waals surface area contributed by atoms with Crippen LogP contribution in [0.1, 0.15) is 38.7 Å². The molecule has 1 nitrogen and oxygen atoms in total. The predicted molar refractivity (Wildman–Crippen MR) is 84.6 cm³/mol. The zero-order valence-corrected chi connectivity index (χ0v) is 12.3. The van der Waals surface area contributed by atoms with Gasteiger partial charge in [-0.25, -0.2) is 0 Å². The Morgan fingerprint density at radius 2 is 1.55 bits per heavy atom. The molecule has 0 saturated heterocycles. The number of hydrogen-bond donors (Lipinski definition) is 0. The van der Waals surface area contributed by atoms with Crippen LogP contribution in [0.4, 0.5) is 11.4 Å². The maximum absolute atomic E-state index is 2.59. The Morgan fingerprint density at radius 3 is 2.35 bits per heavy atom. The topological polar surface area (TPSA) is 3.24 Å². The highest BCUT2D eigenvalue weighted by atomic mass is 15.3. The van der Waals surface area contributed by atoms with E-state index < -0.39 is 0 Å². The van der Waals surface area contributed by atoms with E-state index >= 15 is 0 Å². The Balaban J connectivity index is 1.99. The van der Waals surface area contributed by atoms with Gasteiger partial charge in [0.2, 0.25) is 0 Å². The molecule has 0 aromatic heterocycles. The molecule has 1 heterocycles. The Hall–Kier alpha value is -1.76. The normalized spacial score (nSPS) is 31.2. The van der Waals surface area contributed by atoms with Crippen molar-refractivity contribution in [3.05, 3.63) is 60.2 Å². The number of hydrogen-bond acceptors (Lipinski definition) is 1. The molecule has 1 aliphatic heterocycles. The van der Waals surface area contributed by atoms with Crippen molar-refractivity contribution in [3.8, 4) is 0 Å². The summed E-state index contributed by atoms with van der Waals surface area (Å²) in [5.41, 5.74) is 4.75. The van der Waals surface area contributed by atoms with Gasteiger partial charge in [-0.1, -0.05) is 49.7 Å². The van der Waals surface area contributed by atoms with Gasteiger partial charge in [-0.2, -0.15) is 0 Å². The lowest BCUT2D eigenvalue weighted by molar-refractivity contribution is 0.330. The SMILES string of the molecule is CC12CCCC1(C)N(c1ccccc1)c1ccccc12. The van der Waals surface area contributed by atoms with Gasteiger partial charge in [-0.3, -0.25) is 0 Å². The maximum Gasteiger partial charge on any atom is 0.0517 e. The molecule has 0 spiro atoms. The van der Waals surface area contributed by atoms with E-state index in [4.69, 9.17) is 0 Å². The van der Waals surface area contributed by atoms with E-state index in [-0.39, 0.29) is 11.0 Å². The molecule has 1 aliphatic carbocycles. The minimum atomic E-state index is 0.206. The zero-order chi connectivity index (χ0) is 13.8. The smallest absolute Gasteiger partial charge is 0.0517 e. The number of rotatable bonds is 1. The fourth-order valence-electron chi connectivity index (χ4n) is 4.52. The van der Waals surface area contributed by atoms with E-state index in [0.29, 0.717) is 0 Å². The largest absolute Gasteiger partial charge is 0.334 e. The Labute approximate surface area is 121 Å². The van der Waals surface area contributed by atoms with E-state index in [1.807, 2.05) is 0 Å². The fourth-order valence-corrected chi connectivity index (χ4v) is 4.52. The van der Waals surface area contributed by atoms with Gasteiger partial charge >= 0.3 is 0 Å². The van der Waals surface area contributed by atoms with Crippen molar-refractivity contribution in [2.75, 3.05) is 4.90 Å². The average Bonchev–Trinajstić information content (AvgIpc) is 2.86. The van der Waals surface area contributed by atoms with Gasteiger partial charge < -0.3 is 4.90 Å². The zero-order valence-electron chi connectivity index (χ0n) is 12.3. The van der Waals surface area contributed by atoms with Gasteiger partial charge in [0.1, 0.15) is 0 Å². The highest BCUT2D eigenvalue weighted by Gasteiger charge is 2.59. The van der Waals surface area contributed by atoms with Crippen LogP contribution in [-0.2, 0) is 5.41 Å². The lowest BCUT2D eigenvalue weighted by Gasteiger charge is -2.42. The van der Waals surface area contributed by atoms with Crippen molar-refractivity contribution in [3.63, 3.8) is 0 Å². The van der Waals surface area contributed by atoms with Gasteiger partial charge in [0.15, 0.2) is 0 Å². The summed E-state index contributed by atoms with van der Waals surface area (Å²) in [5.74, 6) is 0. The van der Waals surface area contributed by atoms with Gasteiger partial charge in [-0.15, -0.1) is 0 Å². The van der Waals surface area contributed by atoms with Crippen molar-refractivity contribution in [1.29, 1.82) is 0 Å². The van der Waals surface area contributed by atoms with Crippen molar-refractivity contribution in [2.24, 2.45) is 0 Å². The molecule has 2 aliphatic rings. The summed E-state index contributed by atoms with van der Waals surface area (Å²) in [6, 6.07) is 19.9. The second-order valence-corrected chi connectivity index (χ2v) is 6.65. The van der Waals surface area contributed by atoms with E-state index in [1.165, 1.54) is 36.2 Å². The highest BCUT2D eigenvalue weighted by molar-refractivity contribution is 5.76. The Kier molecular flexibility index (Phi) is 2.33. The second kappa shape index (κ2) is 3.88. The van der Waals surface area contributed by atoms with E-state index in [2.05, 4.69) is 73.3 Å². The Morgan fingerprint density at radius 1 is 0.850 bits per heavy atom. The molecule has 0 amide bonds. The van der Waals surface area contributed by atoms with Gasteiger partial charge in [0, 0.05) is 16.8 Å². The lowest BCUT2D eigenvalue weighted by atomic mass is 9.72. The van der Waals surface area contributed by atoms with E-state index in [1.54, 1.807) is 0 Å². The summed E-state index contributed by atoms with van der Waals surface area (Å²) < 4.78 is 0. The summed E-state index contributed by atoms with van der Waals surface area (Å²) in [5, 5.41) is 0. The maximum atomic E-state index is 2.59. The van der Waals surface area contributed by atoms with Crippen LogP contribution < -0.4 is 4.90 Å². The minimum absolute atomic E-state index is 0.206. The molecule has 102 valence electrons. The molecule has 2 aromatic rings. The van der Waals surface area contributed by atoms with Crippen LogP contribution in [0.25, 0.3) is 0 Å². The first kappa shape index (κ1) is 12.0. The van der Waals surface area contributed by atoms with Crippen molar-refractivity contribution >= 4 is 11.4 Å². The van der Waals surface area contributed by atoms with Crippen LogP contribution in [0.3, 0.4) is 0 Å². The molecule has 0 bridgehead atoms. The van der Waals surface area contributed by atoms with Crippen LogP contribution in [0.15, 0.2) is 54.6 Å². The standard InChI is InChI=1S/C19H21N/c1-18-13-8-14-19(18,2)20(15-9-4-3-5-10-15)17-12-7-6-11-16(17)18/h3-7,9-12H,8,13-14H2,1-2H3. The van der Waals surface area contributed by atoms with Crippen LogP contribution >= 0.6 is 0 Å². The number of para-hydroxylation sites is 2. The molecule has 1 heteroatoms. The molecule has 0 radical (unpaired) electrons. The monoisotopic (exact) mass is 263 g/mol. The van der Waals surface area contributed by atoms with Gasteiger partial charge in [-0.05, 0) is 43.5 Å². The number of fused-ring (bicyclic) bond motifs is 3. The first-order valence-electron chi connectivity index (χ1n) is 7.62. The third-order valence-corrected chi connectivity index (χ3v) is 5.78. The first-order chi connectivity index (χ1) is 9.67. The minimum Gasteiger partial charge on any atom is -0.334 e. The summed E-state index contributed by atoms with van der Waals surface area (Å²) in [6.07, 6.45) is 3.89. The third-order valence-electron chi connectivity index (χ3n) is 5.78. The molecule has 0 N–H and O–H groups in total. The molecule has 1 saturated carbocycles. The van der Waals surface area contributed by atoms with Crippen LogP contribution in [-0.4, -0.2) is 5.54 Å². The Bertz CT molecular complexity index is 648. The lowest BCUT2D eigenvalue weighted by Crippen LogP contribution is -2.48. The summed E-state index contributed by atoms with van der Waals surface area (Å²) in [7, 11) is 0. The summed E-state index contributed by atoms with van der Waals surface area (Å²) >= 11 is 0. The van der Waals surface area contributed by atoms with Crippen LogP contribution in [0.2, 0.25) is 0 Å². The third kappa shape index (κ3) is 1.28.